The van der Waals surface area contributed by atoms with Crippen molar-refractivity contribution in [3.63, 3.8) is 0 Å². The molecule has 2 aromatic rings. The highest BCUT2D eigenvalue weighted by Gasteiger charge is 2.18. The number of nitrogens with one attached hydrogen (secondary N) is 1. The predicted molar refractivity (Wildman–Crippen MR) is 86.5 cm³/mol. The lowest BCUT2D eigenvalue weighted by Gasteiger charge is -2.02. The zero-order valence-corrected chi connectivity index (χ0v) is 12.7. The van der Waals surface area contributed by atoms with E-state index in [-0.39, 0.29) is 12.0 Å². The zero-order valence-electron chi connectivity index (χ0n) is 12.7. The minimum atomic E-state index is -0.214. The van der Waals surface area contributed by atoms with Gasteiger partial charge >= 0.3 is 0 Å². The highest BCUT2D eigenvalue weighted by Crippen LogP contribution is 2.28. The van der Waals surface area contributed by atoms with Crippen molar-refractivity contribution in [3.05, 3.63) is 64.7 Å². The number of rotatable bonds is 3. The van der Waals surface area contributed by atoms with Crippen LogP contribution in [0.5, 0.6) is 5.75 Å². The summed E-state index contributed by atoms with van der Waals surface area (Å²) in [6, 6.07) is 13.3. The molecule has 4 heteroatoms. The molecule has 0 radical (unpaired) electrons. The largest absolute Gasteiger partial charge is 0.490 e. The monoisotopic (exact) mass is 294 g/mol. The van der Waals surface area contributed by atoms with E-state index in [1.807, 2.05) is 37.3 Å². The van der Waals surface area contributed by atoms with Crippen LogP contribution in [0.15, 0.2) is 47.6 Å². The van der Waals surface area contributed by atoms with E-state index in [0.29, 0.717) is 5.56 Å². The SMILES string of the molecule is Cc1ccc(C(=O)N/N=C/c2ccc3c(c2)C[C@@H](C)O3)cc1. The summed E-state index contributed by atoms with van der Waals surface area (Å²) < 4.78 is 5.66. The van der Waals surface area contributed by atoms with Gasteiger partial charge in [-0.1, -0.05) is 17.7 Å². The van der Waals surface area contributed by atoms with Crippen LogP contribution in [-0.4, -0.2) is 18.2 Å². The number of carbonyl (C=O) groups excluding carboxylic acids is 1. The first kappa shape index (κ1) is 14.3. The van der Waals surface area contributed by atoms with Crippen LogP contribution in [0.4, 0.5) is 0 Å². The lowest BCUT2D eigenvalue weighted by atomic mass is 10.1. The van der Waals surface area contributed by atoms with Gasteiger partial charge in [0.1, 0.15) is 11.9 Å². The molecule has 1 aliphatic heterocycles. The Bertz CT molecular complexity index is 720. The van der Waals surface area contributed by atoms with E-state index in [1.165, 1.54) is 5.56 Å². The Morgan fingerprint density at radius 1 is 1.27 bits per heavy atom. The van der Waals surface area contributed by atoms with Crippen molar-refractivity contribution in [2.45, 2.75) is 26.4 Å². The maximum Gasteiger partial charge on any atom is 0.271 e. The molecule has 4 nitrogen and oxygen atoms in total. The number of hydrogen-bond acceptors (Lipinski definition) is 3. The molecular weight excluding hydrogens is 276 g/mol. The van der Waals surface area contributed by atoms with Gasteiger partial charge in [-0.3, -0.25) is 4.79 Å². The molecule has 0 saturated heterocycles. The Morgan fingerprint density at radius 3 is 2.82 bits per heavy atom. The van der Waals surface area contributed by atoms with E-state index < -0.39 is 0 Å². The molecule has 0 aliphatic carbocycles. The second kappa shape index (κ2) is 6.02. The second-order valence-corrected chi connectivity index (χ2v) is 5.56. The maximum atomic E-state index is 11.9. The Hall–Kier alpha value is -2.62. The number of benzene rings is 2. The van der Waals surface area contributed by atoms with Crippen LogP contribution in [0.25, 0.3) is 0 Å². The fourth-order valence-electron chi connectivity index (χ4n) is 2.46. The van der Waals surface area contributed by atoms with Crippen LogP contribution < -0.4 is 10.2 Å². The topological polar surface area (TPSA) is 50.7 Å². The molecule has 3 rings (SSSR count). The van der Waals surface area contributed by atoms with Crippen molar-refractivity contribution in [2.75, 3.05) is 0 Å². The molecule has 1 N–H and O–H groups in total. The third kappa shape index (κ3) is 3.17. The summed E-state index contributed by atoms with van der Waals surface area (Å²) in [6.07, 6.45) is 2.78. The predicted octanol–water partition coefficient (Wildman–Crippen LogP) is 3.08. The standard InChI is InChI=1S/C18H18N2O2/c1-12-3-6-15(7-4-12)18(21)20-19-11-14-5-8-17-16(10-14)9-13(2)22-17/h3-8,10-11,13H,9H2,1-2H3,(H,20,21)/b19-11+/t13-/m1/s1. The third-order valence-corrected chi connectivity index (χ3v) is 3.61. The molecule has 0 spiro atoms. The summed E-state index contributed by atoms with van der Waals surface area (Å²) in [5.41, 5.74) is 6.39. The zero-order chi connectivity index (χ0) is 15.5. The lowest BCUT2D eigenvalue weighted by Crippen LogP contribution is -2.17. The summed E-state index contributed by atoms with van der Waals surface area (Å²) in [7, 11) is 0. The molecule has 0 fully saturated rings. The molecule has 1 amide bonds. The van der Waals surface area contributed by atoms with Crippen LogP contribution in [-0.2, 0) is 6.42 Å². The van der Waals surface area contributed by atoms with Crippen LogP contribution in [0.2, 0.25) is 0 Å². The van der Waals surface area contributed by atoms with Gasteiger partial charge in [0, 0.05) is 12.0 Å². The van der Waals surface area contributed by atoms with Crippen molar-refractivity contribution in [1.82, 2.24) is 5.43 Å². The molecule has 1 aliphatic rings. The molecular formula is C18H18N2O2. The van der Waals surface area contributed by atoms with Gasteiger partial charge < -0.3 is 4.74 Å². The molecule has 112 valence electrons. The number of hydrazone groups is 1. The third-order valence-electron chi connectivity index (χ3n) is 3.61. The van der Waals surface area contributed by atoms with E-state index in [0.717, 1.165) is 23.3 Å². The van der Waals surface area contributed by atoms with Gasteiger partial charge in [-0.05, 0) is 55.3 Å². The minimum Gasteiger partial charge on any atom is -0.490 e. The average molecular weight is 294 g/mol. The van der Waals surface area contributed by atoms with Crippen molar-refractivity contribution in [2.24, 2.45) is 5.10 Å². The summed E-state index contributed by atoms with van der Waals surface area (Å²) in [4.78, 5) is 11.9. The molecule has 0 aromatic heterocycles. The Morgan fingerprint density at radius 2 is 2.05 bits per heavy atom. The summed E-state index contributed by atoms with van der Waals surface area (Å²) in [6.45, 7) is 4.04. The van der Waals surface area contributed by atoms with Gasteiger partial charge in [-0.15, -0.1) is 0 Å². The number of amides is 1. The fourth-order valence-corrected chi connectivity index (χ4v) is 2.46. The first-order chi connectivity index (χ1) is 10.6. The number of nitrogens with zero attached hydrogens (tertiary/aromatic N) is 1. The van der Waals surface area contributed by atoms with E-state index in [1.54, 1.807) is 18.3 Å². The number of aryl methyl sites for hydroxylation is 1. The van der Waals surface area contributed by atoms with E-state index in [4.69, 9.17) is 4.74 Å². The van der Waals surface area contributed by atoms with E-state index >= 15 is 0 Å². The first-order valence-electron chi connectivity index (χ1n) is 7.31. The smallest absolute Gasteiger partial charge is 0.271 e. The number of fused-ring (bicyclic) bond motifs is 1. The number of carbonyl (C=O) groups is 1. The van der Waals surface area contributed by atoms with Gasteiger partial charge in [0.05, 0.1) is 6.21 Å². The van der Waals surface area contributed by atoms with Crippen LogP contribution in [0.1, 0.15) is 34.0 Å². The Balaban J connectivity index is 1.64. The van der Waals surface area contributed by atoms with Crippen molar-refractivity contribution in [3.8, 4) is 5.75 Å². The normalized spacial score (nSPS) is 16.4. The molecule has 1 heterocycles. The maximum absolute atomic E-state index is 11.9. The molecule has 0 bridgehead atoms. The van der Waals surface area contributed by atoms with Gasteiger partial charge in [0.15, 0.2) is 0 Å². The molecule has 1 atom stereocenters. The van der Waals surface area contributed by atoms with E-state index in [2.05, 4.69) is 17.5 Å². The molecule has 2 aromatic carbocycles. The van der Waals surface area contributed by atoms with Crippen molar-refractivity contribution >= 4 is 12.1 Å². The van der Waals surface area contributed by atoms with E-state index in [9.17, 15) is 4.79 Å². The van der Waals surface area contributed by atoms with Gasteiger partial charge in [0.2, 0.25) is 0 Å². The fraction of sp³-hybridized carbons (Fsp3) is 0.222. The van der Waals surface area contributed by atoms with Gasteiger partial charge in [-0.2, -0.15) is 5.10 Å². The summed E-state index contributed by atoms with van der Waals surface area (Å²) >= 11 is 0. The van der Waals surface area contributed by atoms with Crippen molar-refractivity contribution in [1.29, 1.82) is 0 Å². The number of hydrogen-bond donors (Lipinski definition) is 1. The average Bonchev–Trinajstić information content (AvgIpc) is 2.87. The number of ether oxygens (including phenoxy) is 1. The molecule has 0 unspecified atom stereocenters. The quantitative estimate of drug-likeness (QED) is 0.698. The molecule has 0 saturated carbocycles. The first-order valence-corrected chi connectivity index (χ1v) is 7.31. The summed E-state index contributed by atoms with van der Waals surface area (Å²) in [5, 5.41) is 4.02. The van der Waals surface area contributed by atoms with Crippen LogP contribution in [0, 0.1) is 6.92 Å². The Labute approximate surface area is 129 Å². The van der Waals surface area contributed by atoms with Crippen LogP contribution >= 0.6 is 0 Å². The minimum absolute atomic E-state index is 0.214. The van der Waals surface area contributed by atoms with Gasteiger partial charge in [-0.25, -0.2) is 5.43 Å². The Kier molecular flexibility index (Phi) is 3.92. The highest BCUT2D eigenvalue weighted by atomic mass is 16.5. The second-order valence-electron chi connectivity index (χ2n) is 5.56. The highest BCUT2D eigenvalue weighted by molar-refractivity contribution is 5.94. The van der Waals surface area contributed by atoms with Crippen LogP contribution in [0.3, 0.4) is 0 Å². The summed E-state index contributed by atoms with van der Waals surface area (Å²) in [5.74, 6) is 0.725. The van der Waals surface area contributed by atoms with Crippen molar-refractivity contribution < 1.29 is 9.53 Å². The van der Waals surface area contributed by atoms with Gasteiger partial charge in [0.25, 0.3) is 5.91 Å². The molecule has 22 heavy (non-hydrogen) atoms. The lowest BCUT2D eigenvalue weighted by molar-refractivity contribution is 0.0955.